The minimum absolute atomic E-state index is 0.151. The molecule has 0 unspecified atom stereocenters. The van der Waals surface area contributed by atoms with E-state index in [0.717, 1.165) is 21.4 Å². The van der Waals surface area contributed by atoms with Gasteiger partial charge >= 0.3 is 0 Å². The maximum atomic E-state index is 12.2. The molecule has 2 aromatic rings. The lowest BCUT2D eigenvalue weighted by Gasteiger charge is -2.13. The van der Waals surface area contributed by atoms with Gasteiger partial charge in [-0.25, -0.2) is 13.1 Å². The van der Waals surface area contributed by atoms with Gasteiger partial charge in [0.15, 0.2) is 0 Å². The van der Waals surface area contributed by atoms with Gasteiger partial charge in [-0.2, -0.15) is 5.26 Å². The fraction of sp³-hybridized carbons (Fsp3) is 0.154. The van der Waals surface area contributed by atoms with Crippen molar-refractivity contribution < 1.29 is 8.42 Å². The largest absolute Gasteiger partial charge is 0.250 e. The molecule has 0 fully saturated rings. The van der Waals surface area contributed by atoms with Crippen molar-refractivity contribution in [3.8, 4) is 6.07 Å². The van der Waals surface area contributed by atoms with Crippen molar-refractivity contribution in [2.75, 3.05) is 0 Å². The van der Waals surface area contributed by atoms with E-state index in [1.54, 1.807) is 6.92 Å². The Morgan fingerprint density at radius 3 is 2.45 bits per heavy atom. The summed E-state index contributed by atoms with van der Waals surface area (Å²) in [5, 5.41) is 8.74. The van der Waals surface area contributed by atoms with Gasteiger partial charge in [0.05, 0.1) is 0 Å². The number of halogens is 1. The molecule has 0 aliphatic carbocycles. The molecule has 0 aliphatic rings. The molecule has 0 aliphatic heterocycles. The zero-order chi connectivity index (χ0) is 14.8. The van der Waals surface area contributed by atoms with E-state index in [1.165, 1.54) is 12.1 Å². The van der Waals surface area contributed by atoms with E-state index in [1.807, 2.05) is 30.3 Å². The smallest absolute Gasteiger partial charge is 0.206 e. The van der Waals surface area contributed by atoms with Crippen LogP contribution in [0.1, 0.15) is 23.4 Å². The molecule has 0 bridgehead atoms. The molecule has 0 saturated heterocycles. The third-order valence-electron chi connectivity index (χ3n) is 2.66. The van der Waals surface area contributed by atoms with Crippen molar-refractivity contribution >= 4 is 37.3 Å². The van der Waals surface area contributed by atoms with Crippen molar-refractivity contribution in [1.29, 1.82) is 5.26 Å². The number of nitrogens with one attached hydrogen (secondary N) is 1. The van der Waals surface area contributed by atoms with Crippen molar-refractivity contribution in [2.45, 2.75) is 17.2 Å². The molecule has 20 heavy (non-hydrogen) atoms. The molecule has 0 radical (unpaired) electrons. The summed E-state index contributed by atoms with van der Waals surface area (Å²) in [6, 6.07) is 12.0. The Kier molecular flexibility index (Phi) is 4.60. The third-order valence-corrected chi connectivity index (χ3v) is 6.21. The van der Waals surface area contributed by atoms with E-state index in [4.69, 9.17) is 5.26 Å². The van der Waals surface area contributed by atoms with Crippen LogP contribution in [0.4, 0.5) is 0 Å². The summed E-state index contributed by atoms with van der Waals surface area (Å²) >= 11 is 4.30. The molecule has 0 amide bonds. The Hall–Kier alpha value is -1.20. The molecular weight excluding hydrogens is 360 g/mol. The monoisotopic (exact) mass is 370 g/mol. The van der Waals surface area contributed by atoms with Crippen molar-refractivity contribution in [2.24, 2.45) is 0 Å². The van der Waals surface area contributed by atoms with Gasteiger partial charge in [-0.1, -0.05) is 28.1 Å². The Morgan fingerprint density at radius 2 is 1.90 bits per heavy atom. The van der Waals surface area contributed by atoms with E-state index in [-0.39, 0.29) is 10.3 Å². The normalized spacial score (nSPS) is 12.8. The number of sulfonamides is 1. The number of hydrogen-bond acceptors (Lipinski definition) is 4. The summed E-state index contributed by atoms with van der Waals surface area (Å²) in [6.45, 7) is 1.78. The van der Waals surface area contributed by atoms with E-state index < -0.39 is 10.0 Å². The van der Waals surface area contributed by atoms with Crippen LogP contribution in [0, 0.1) is 11.3 Å². The third kappa shape index (κ3) is 3.46. The van der Waals surface area contributed by atoms with Crippen LogP contribution in [-0.2, 0) is 10.0 Å². The van der Waals surface area contributed by atoms with Crippen LogP contribution in [0.15, 0.2) is 45.1 Å². The molecule has 104 valence electrons. The van der Waals surface area contributed by atoms with Crippen LogP contribution in [-0.4, -0.2) is 8.42 Å². The first kappa shape index (κ1) is 15.2. The first-order valence-corrected chi connectivity index (χ1v) is 8.79. The molecular formula is C13H11BrN2O2S2. The lowest BCUT2D eigenvalue weighted by molar-refractivity contribution is 0.569. The first-order valence-electron chi connectivity index (χ1n) is 5.70. The highest BCUT2D eigenvalue weighted by Gasteiger charge is 2.20. The zero-order valence-corrected chi connectivity index (χ0v) is 13.7. The number of hydrogen-bond donors (Lipinski definition) is 1. The lowest BCUT2D eigenvalue weighted by atomic mass is 10.1. The van der Waals surface area contributed by atoms with E-state index in [0.29, 0.717) is 4.88 Å². The van der Waals surface area contributed by atoms with Gasteiger partial charge < -0.3 is 0 Å². The van der Waals surface area contributed by atoms with E-state index >= 15 is 0 Å². The quantitative estimate of drug-likeness (QED) is 0.895. The number of nitriles is 1. The van der Waals surface area contributed by atoms with Gasteiger partial charge in [-0.05, 0) is 36.8 Å². The SMILES string of the molecule is C[C@H](NS(=O)(=O)c1ccc(C#N)s1)c1ccc(Br)cc1. The standard InChI is InChI=1S/C13H11BrN2O2S2/c1-9(10-2-4-11(14)5-3-10)16-20(17,18)13-7-6-12(8-15)19-13/h2-7,9,16H,1H3/t9-/m0/s1. The van der Waals surface area contributed by atoms with Crippen molar-refractivity contribution in [3.63, 3.8) is 0 Å². The molecule has 1 aromatic carbocycles. The summed E-state index contributed by atoms with van der Waals surface area (Å²) in [7, 11) is -3.60. The number of nitrogens with zero attached hydrogens (tertiary/aromatic N) is 1. The fourth-order valence-electron chi connectivity index (χ4n) is 1.63. The zero-order valence-electron chi connectivity index (χ0n) is 10.5. The highest BCUT2D eigenvalue weighted by molar-refractivity contribution is 9.10. The van der Waals surface area contributed by atoms with E-state index in [9.17, 15) is 8.42 Å². The number of benzene rings is 1. The van der Waals surface area contributed by atoms with Crippen molar-refractivity contribution in [3.05, 3.63) is 51.3 Å². The van der Waals surface area contributed by atoms with Gasteiger partial charge in [0.25, 0.3) is 10.0 Å². The average Bonchev–Trinajstić information content (AvgIpc) is 2.88. The highest BCUT2D eigenvalue weighted by Crippen LogP contribution is 2.23. The molecule has 0 saturated carbocycles. The average molecular weight is 371 g/mol. The molecule has 7 heteroatoms. The second kappa shape index (κ2) is 6.06. The molecule has 0 spiro atoms. The molecule has 2 rings (SSSR count). The maximum Gasteiger partial charge on any atom is 0.250 e. The maximum absolute atomic E-state index is 12.2. The van der Waals surface area contributed by atoms with Crippen LogP contribution in [0.25, 0.3) is 0 Å². The number of rotatable bonds is 4. The predicted molar refractivity (Wildman–Crippen MR) is 81.9 cm³/mol. The predicted octanol–water partition coefficient (Wildman–Crippen LogP) is 3.42. The Bertz CT molecular complexity index is 745. The van der Waals surface area contributed by atoms with Gasteiger partial charge in [0, 0.05) is 10.5 Å². The minimum atomic E-state index is -3.60. The first-order chi connectivity index (χ1) is 9.42. The topological polar surface area (TPSA) is 70.0 Å². The minimum Gasteiger partial charge on any atom is -0.206 e. The Labute approximate surface area is 130 Å². The van der Waals surface area contributed by atoms with Crippen molar-refractivity contribution in [1.82, 2.24) is 4.72 Å². The van der Waals surface area contributed by atoms with Gasteiger partial charge in [-0.15, -0.1) is 11.3 Å². The van der Waals surface area contributed by atoms with Crippen LogP contribution in [0.5, 0.6) is 0 Å². The van der Waals surface area contributed by atoms with Gasteiger partial charge in [0.1, 0.15) is 15.2 Å². The Morgan fingerprint density at radius 1 is 1.25 bits per heavy atom. The van der Waals surface area contributed by atoms with E-state index in [2.05, 4.69) is 20.7 Å². The lowest BCUT2D eigenvalue weighted by Crippen LogP contribution is -2.26. The summed E-state index contributed by atoms with van der Waals surface area (Å²) in [6.07, 6.45) is 0. The second-order valence-corrected chi connectivity index (χ2v) is 8.07. The van der Waals surface area contributed by atoms with Crippen LogP contribution >= 0.6 is 27.3 Å². The number of thiophene rings is 1. The molecule has 1 atom stereocenters. The molecule has 1 heterocycles. The molecule has 1 N–H and O–H groups in total. The summed E-state index contributed by atoms with van der Waals surface area (Å²) in [5.41, 5.74) is 0.869. The molecule has 4 nitrogen and oxygen atoms in total. The fourth-order valence-corrected chi connectivity index (χ4v) is 4.25. The molecule has 1 aromatic heterocycles. The van der Waals surface area contributed by atoms with Gasteiger partial charge in [-0.3, -0.25) is 0 Å². The Balaban J connectivity index is 2.20. The summed E-state index contributed by atoms with van der Waals surface area (Å²) < 4.78 is 28.1. The second-order valence-electron chi connectivity index (χ2n) is 4.13. The summed E-state index contributed by atoms with van der Waals surface area (Å²) in [4.78, 5) is 0.377. The summed E-state index contributed by atoms with van der Waals surface area (Å²) in [5.74, 6) is 0. The van der Waals surface area contributed by atoms with Crippen LogP contribution in [0.2, 0.25) is 0 Å². The van der Waals surface area contributed by atoms with Crippen LogP contribution in [0.3, 0.4) is 0 Å². The van der Waals surface area contributed by atoms with Gasteiger partial charge in [0.2, 0.25) is 0 Å². The highest BCUT2D eigenvalue weighted by atomic mass is 79.9. The van der Waals surface area contributed by atoms with Crippen LogP contribution < -0.4 is 4.72 Å².